The van der Waals surface area contributed by atoms with Crippen LogP contribution in [0.5, 0.6) is 0 Å². The summed E-state index contributed by atoms with van der Waals surface area (Å²) in [5, 5.41) is 5.79. The van der Waals surface area contributed by atoms with Gasteiger partial charge in [0.1, 0.15) is 0 Å². The molecule has 0 unspecified atom stereocenters. The fraction of sp³-hybridized carbons (Fsp3) is 0.409. The molecule has 2 aliphatic rings. The molecular formula is C44H51NO2S3Si. The summed E-state index contributed by atoms with van der Waals surface area (Å²) in [5.74, 6) is -0.197. The van der Waals surface area contributed by atoms with Crippen molar-refractivity contribution in [2.75, 3.05) is 6.54 Å². The zero-order valence-electron chi connectivity index (χ0n) is 31.0. The molecule has 51 heavy (non-hydrogen) atoms. The molecule has 5 heterocycles. The molecule has 266 valence electrons. The summed E-state index contributed by atoms with van der Waals surface area (Å²) >= 11 is 5.38. The van der Waals surface area contributed by atoms with E-state index in [9.17, 15) is 9.59 Å². The summed E-state index contributed by atoms with van der Waals surface area (Å²) in [4.78, 5) is 36.5. The van der Waals surface area contributed by atoms with Crippen molar-refractivity contribution in [3.8, 4) is 19.5 Å². The smallest absolute Gasteiger partial charge is 0.263 e. The van der Waals surface area contributed by atoms with Crippen LogP contribution in [0.25, 0.3) is 19.5 Å². The van der Waals surface area contributed by atoms with E-state index in [1.54, 1.807) is 11.3 Å². The normalized spacial score (nSPS) is 14.4. The fourth-order valence-corrected chi connectivity index (χ4v) is 18.2. The Morgan fingerprint density at radius 2 is 1.10 bits per heavy atom. The lowest BCUT2D eigenvalue weighted by atomic mass is 10.1. The Morgan fingerprint density at radius 3 is 1.71 bits per heavy atom. The van der Waals surface area contributed by atoms with Crippen LogP contribution in [0.1, 0.15) is 127 Å². The first-order valence-electron chi connectivity index (χ1n) is 19.3. The van der Waals surface area contributed by atoms with Gasteiger partial charge in [-0.05, 0) is 90.0 Å². The van der Waals surface area contributed by atoms with Gasteiger partial charge in [-0.25, -0.2) is 0 Å². The SMILES string of the molecule is CCCCCCCCN1C(=O)c2c(C)sc(-c3cc4c(s3)-c3sc(C)cc3[Si]4(c3ccc(CCCC)cc3)c3ccc(CCCC)cc3)c2C1=O. The second kappa shape index (κ2) is 15.5. The number of hydrogen-bond acceptors (Lipinski definition) is 5. The van der Waals surface area contributed by atoms with Crippen LogP contribution in [0.2, 0.25) is 0 Å². The first kappa shape index (κ1) is 36.3. The quantitative estimate of drug-likeness (QED) is 0.0561. The molecular weight excluding hydrogens is 699 g/mol. The number of carbonyl (C=O) groups excluding carboxylic acids is 2. The third kappa shape index (κ3) is 6.47. The van der Waals surface area contributed by atoms with E-state index in [2.05, 4.69) is 88.4 Å². The summed E-state index contributed by atoms with van der Waals surface area (Å²) in [7, 11) is -2.66. The number of aryl methyl sites for hydroxylation is 4. The van der Waals surface area contributed by atoms with Crippen LogP contribution in [0, 0.1) is 13.8 Å². The summed E-state index contributed by atoms with van der Waals surface area (Å²) in [5.41, 5.74) is 4.10. The van der Waals surface area contributed by atoms with Crippen molar-refractivity contribution in [2.24, 2.45) is 0 Å². The molecule has 5 aromatic rings. The van der Waals surface area contributed by atoms with Gasteiger partial charge in [0.2, 0.25) is 0 Å². The van der Waals surface area contributed by atoms with Crippen molar-refractivity contribution in [3.63, 3.8) is 0 Å². The first-order chi connectivity index (χ1) is 24.8. The van der Waals surface area contributed by atoms with Crippen molar-refractivity contribution in [1.82, 2.24) is 4.90 Å². The molecule has 2 amide bonds. The molecule has 0 saturated carbocycles. The van der Waals surface area contributed by atoms with E-state index < -0.39 is 8.07 Å². The van der Waals surface area contributed by atoms with Gasteiger partial charge < -0.3 is 0 Å². The maximum atomic E-state index is 14.1. The van der Waals surface area contributed by atoms with Crippen molar-refractivity contribution >= 4 is 74.6 Å². The van der Waals surface area contributed by atoms with Gasteiger partial charge in [-0.1, -0.05) is 114 Å². The molecule has 0 bridgehead atoms. The van der Waals surface area contributed by atoms with Crippen LogP contribution in [0.4, 0.5) is 0 Å². The topological polar surface area (TPSA) is 37.4 Å². The lowest BCUT2D eigenvalue weighted by Gasteiger charge is -2.30. The van der Waals surface area contributed by atoms with Crippen LogP contribution in [0.15, 0.2) is 60.7 Å². The zero-order chi connectivity index (χ0) is 35.7. The summed E-state index contributed by atoms with van der Waals surface area (Å²) in [6.45, 7) is 11.5. The molecule has 0 atom stereocenters. The van der Waals surface area contributed by atoms with Crippen LogP contribution in [-0.4, -0.2) is 31.3 Å². The highest BCUT2D eigenvalue weighted by Crippen LogP contribution is 2.47. The van der Waals surface area contributed by atoms with Gasteiger partial charge in [-0.2, -0.15) is 0 Å². The Kier molecular flexibility index (Phi) is 11.0. The van der Waals surface area contributed by atoms with E-state index in [-0.39, 0.29) is 11.8 Å². The minimum absolute atomic E-state index is 0.0983. The van der Waals surface area contributed by atoms with Gasteiger partial charge in [0.05, 0.1) is 16.0 Å². The number of unbranched alkanes of at least 4 members (excludes halogenated alkanes) is 7. The molecule has 0 fully saturated rings. The zero-order valence-corrected chi connectivity index (χ0v) is 34.4. The Morgan fingerprint density at radius 1 is 0.569 bits per heavy atom. The summed E-state index contributed by atoms with van der Waals surface area (Å²) < 4.78 is 0. The highest BCUT2D eigenvalue weighted by atomic mass is 32.1. The molecule has 0 aliphatic carbocycles. The predicted octanol–water partition coefficient (Wildman–Crippen LogP) is 10.2. The molecule has 7 heteroatoms. The van der Waals surface area contributed by atoms with Gasteiger partial charge in [-0.15, -0.1) is 34.0 Å². The molecule has 2 aromatic carbocycles. The van der Waals surface area contributed by atoms with Gasteiger partial charge in [-0.3, -0.25) is 14.5 Å². The number of fused-ring (bicyclic) bond motifs is 4. The highest BCUT2D eigenvalue weighted by molar-refractivity contribution is 7.35. The van der Waals surface area contributed by atoms with Crippen molar-refractivity contribution in [3.05, 3.63) is 92.7 Å². The van der Waals surface area contributed by atoms with E-state index in [4.69, 9.17) is 0 Å². The maximum Gasteiger partial charge on any atom is 0.263 e. The highest BCUT2D eigenvalue weighted by Gasteiger charge is 2.51. The van der Waals surface area contributed by atoms with Gasteiger partial charge in [0.15, 0.2) is 8.07 Å². The molecule has 0 radical (unpaired) electrons. The Hall–Kier alpha value is -3.10. The van der Waals surface area contributed by atoms with E-state index in [1.165, 1.54) is 96.4 Å². The second-order valence-corrected chi connectivity index (χ2v) is 21.8. The third-order valence-electron chi connectivity index (χ3n) is 11.0. The maximum absolute atomic E-state index is 14.1. The van der Waals surface area contributed by atoms with E-state index in [1.807, 2.05) is 29.6 Å². The van der Waals surface area contributed by atoms with Crippen LogP contribution in [0.3, 0.4) is 0 Å². The van der Waals surface area contributed by atoms with Gasteiger partial charge >= 0.3 is 0 Å². The molecule has 0 N–H and O–H groups in total. The van der Waals surface area contributed by atoms with Crippen LogP contribution in [-0.2, 0) is 12.8 Å². The summed E-state index contributed by atoms with van der Waals surface area (Å²) in [6, 6.07) is 24.1. The number of amides is 2. The predicted molar refractivity (Wildman–Crippen MR) is 224 cm³/mol. The minimum atomic E-state index is -2.66. The minimum Gasteiger partial charge on any atom is -0.274 e. The molecule has 3 nitrogen and oxygen atoms in total. The number of nitrogens with zero attached hydrogens (tertiary/aromatic N) is 1. The largest absolute Gasteiger partial charge is 0.274 e. The standard InChI is InChI=1S/C44H51NO2S3Si/c1-6-9-12-13-14-15-26-45-43(46)38-30(5)49-40(39(38)44(45)47)35-28-37-42(50-35)41-36(27-29(4)48-41)51(37,33-22-18-31(19-23-33)16-10-7-2)34-24-20-32(21-25-34)17-11-8-3/h18-25,27-28H,6-17,26H2,1-5H3. The number of benzene rings is 2. The number of carbonyl (C=O) groups is 2. The number of imide groups is 1. The van der Waals surface area contributed by atoms with Gasteiger partial charge in [0.25, 0.3) is 11.8 Å². The monoisotopic (exact) mass is 749 g/mol. The average Bonchev–Trinajstić information content (AvgIpc) is 3.93. The molecule has 3 aromatic heterocycles. The lowest BCUT2D eigenvalue weighted by Crippen LogP contribution is -2.72. The van der Waals surface area contributed by atoms with Gasteiger partial charge in [0, 0.05) is 30.9 Å². The Balaban J connectivity index is 1.33. The third-order valence-corrected chi connectivity index (χ3v) is 19.8. The van der Waals surface area contributed by atoms with Crippen LogP contribution >= 0.6 is 34.0 Å². The van der Waals surface area contributed by atoms with Crippen LogP contribution < -0.4 is 20.7 Å². The number of rotatable bonds is 16. The lowest BCUT2D eigenvalue weighted by molar-refractivity contribution is 0.0651. The molecule has 0 spiro atoms. The van der Waals surface area contributed by atoms with Crippen molar-refractivity contribution in [1.29, 1.82) is 0 Å². The molecule has 7 rings (SSSR count). The Labute approximate surface area is 317 Å². The summed E-state index contributed by atoms with van der Waals surface area (Å²) in [6.07, 6.45) is 13.8. The molecule has 2 aliphatic heterocycles. The molecule has 0 saturated heterocycles. The fourth-order valence-electron chi connectivity index (χ4n) is 8.25. The van der Waals surface area contributed by atoms with E-state index >= 15 is 0 Å². The van der Waals surface area contributed by atoms with Crippen molar-refractivity contribution in [2.45, 2.75) is 112 Å². The second-order valence-electron chi connectivity index (χ2n) is 14.6. The van der Waals surface area contributed by atoms with E-state index in [0.717, 1.165) is 46.7 Å². The number of thiophene rings is 3. The van der Waals surface area contributed by atoms with Crippen molar-refractivity contribution < 1.29 is 9.59 Å². The average molecular weight is 750 g/mol. The van der Waals surface area contributed by atoms with E-state index in [0.29, 0.717) is 17.7 Å². The number of hydrogen-bond donors (Lipinski definition) is 0. The Bertz CT molecular complexity index is 1980. The first-order valence-corrected chi connectivity index (χ1v) is 23.7.